The van der Waals surface area contributed by atoms with E-state index >= 15 is 0 Å². The van der Waals surface area contributed by atoms with E-state index in [2.05, 4.69) is 13.8 Å². The number of phenolic OH excluding ortho intramolecular Hbond substituents is 1. The number of rotatable bonds is 31. The molecule has 8 nitrogen and oxygen atoms in total. The van der Waals surface area contributed by atoms with Crippen LogP contribution in [-0.4, -0.2) is 24.2 Å². The van der Waals surface area contributed by atoms with Gasteiger partial charge in [0.1, 0.15) is 28.1 Å². The van der Waals surface area contributed by atoms with Crippen molar-refractivity contribution in [3.05, 3.63) is 56.8 Å². The number of hydrogen-bond donors (Lipinski definition) is 1. The Bertz CT molecular complexity index is 1890. The van der Waals surface area contributed by atoms with E-state index in [0.717, 1.165) is 49.7 Å². The first-order chi connectivity index (χ1) is 29.0. The van der Waals surface area contributed by atoms with Gasteiger partial charge in [-0.15, -0.1) is 0 Å². The average molecular weight is 831 g/mol. The van der Waals surface area contributed by atoms with Crippen LogP contribution < -0.4 is 19.6 Å². The van der Waals surface area contributed by atoms with Gasteiger partial charge < -0.3 is 23.7 Å². The normalized spacial score (nSPS) is 11.2. The van der Waals surface area contributed by atoms with Gasteiger partial charge in [-0.25, -0.2) is 0 Å². The largest absolute Gasteiger partial charge is 0.507 e. The van der Waals surface area contributed by atoms with Crippen molar-refractivity contribution in [2.45, 2.75) is 208 Å². The number of fused-ring (bicyclic) bond motifs is 2. The van der Waals surface area contributed by atoms with E-state index in [1.54, 1.807) is 0 Å². The fraction of sp³-hybridized carbons (Fsp3) is 0.635. The van der Waals surface area contributed by atoms with Gasteiger partial charge in [-0.3, -0.25) is 14.4 Å². The molecule has 8 heteroatoms. The number of ether oxygens (including phenoxy) is 3. The summed E-state index contributed by atoms with van der Waals surface area (Å²) in [6.45, 7) is 12.3. The van der Waals surface area contributed by atoms with Crippen LogP contribution in [0.2, 0.25) is 0 Å². The molecule has 0 aliphatic heterocycles. The molecule has 1 N–H and O–H groups in total. The van der Waals surface area contributed by atoms with Crippen LogP contribution in [0.5, 0.6) is 23.0 Å². The van der Waals surface area contributed by atoms with Gasteiger partial charge in [0.15, 0.2) is 11.5 Å². The topological polar surface area (TPSA) is 112 Å². The minimum absolute atomic E-state index is 0.00782. The molecule has 0 fully saturated rings. The van der Waals surface area contributed by atoms with E-state index in [9.17, 15) is 19.5 Å². The summed E-state index contributed by atoms with van der Waals surface area (Å²) in [4.78, 5) is 40.9. The van der Waals surface area contributed by atoms with Gasteiger partial charge in [-0.1, -0.05) is 166 Å². The van der Waals surface area contributed by atoms with Crippen LogP contribution in [0.25, 0.3) is 21.9 Å². The lowest BCUT2D eigenvalue weighted by Gasteiger charge is -2.17. The van der Waals surface area contributed by atoms with Crippen LogP contribution in [-0.2, 0) is 22.4 Å². The average Bonchev–Trinajstić information content (AvgIpc) is 3.20. The van der Waals surface area contributed by atoms with Crippen LogP contribution in [0.4, 0.5) is 0 Å². The Morgan fingerprint density at radius 3 is 1.38 bits per heavy atom. The Balaban J connectivity index is 1.84. The summed E-state index contributed by atoms with van der Waals surface area (Å²) in [6, 6.07) is 3.05. The zero-order chi connectivity index (χ0) is 43.7. The fourth-order valence-corrected chi connectivity index (χ4v) is 7.81. The number of methoxy groups -OCH3 is 1. The molecule has 0 amide bonds. The smallest absolute Gasteiger partial charge is 0.311 e. The summed E-state index contributed by atoms with van der Waals surface area (Å²) in [5, 5.41) is 12.0. The number of aromatic hydroxyl groups is 1. The molecule has 1 heterocycles. The second kappa shape index (κ2) is 28.5. The third-order valence-electron chi connectivity index (χ3n) is 11.4. The Kier molecular flexibility index (Phi) is 23.8. The van der Waals surface area contributed by atoms with Gasteiger partial charge in [-0.05, 0) is 53.4 Å². The molecule has 1 aromatic heterocycles. The van der Waals surface area contributed by atoms with E-state index in [0.29, 0.717) is 17.5 Å². The highest BCUT2D eigenvalue weighted by molar-refractivity contribution is 5.98. The van der Waals surface area contributed by atoms with Crippen molar-refractivity contribution in [2.24, 2.45) is 0 Å². The van der Waals surface area contributed by atoms with Gasteiger partial charge in [0.25, 0.3) is 0 Å². The fourth-order valence-electron chi connectivity index (χ4n) is 7.81. The highest BCUT2D eigenvalue weighted by atomic mass is 16.6. The number of allylic oxidation sites excluding steroid dienone is 4. The number of carbonyl (C=O) groups excluding carboxylic acids is 2. The molecule has 0 saturated heterocycles. The Labute approximate surface area is 361 Å². The molecule has 0 aliphatic rings. The Morgan fingerprint density at radius 2 is 0.950 bits per heavy atom. The maximum Gasteiger partial charge on any atom is 0.311 e. The summed E-state index contributed by atoms with van der Waals surface area (Å²) in [7, 11) is 1.49. The van der Waals surface area contributed by atoms with Gasteiger partial charge in [0.2, 0.25) is 5.43 Å². The second-order valence-electron chi connectivity index (χ2n) is 17.3. The molecule has 0 saturated carbocycles. The van der Waals surface area contributed by atoms with Gasteiger partial charge in [-0.2, -0.15) is 0 Å². The molecular formula is C52H78O8. The minimum Gasteiger partial charge on any atom is -0.507 e. The quantitative estimate of drug-likeness (QED) is 0.0224. The van der Waals surface area contributed by atoms with Crippen molar-refractivity contribution >= 4 is 33.9 Å². The van der Waals surface area contributed by atoms with E-state index in [1.165, 1.54) is 122 Å². The molecule has 3 aromatic rings. The monoisotopic (exact) mass is 831 g/mol. The maximum atomic E-state index is 14.5. The minimum atomic E-state index is -0.449. The van der Waals surface area contributed by atoms with Crippen LogP contribution in [0, 0.1) is 0 Å². The van der Waals surface area contributed by atoms with E-state index in [-0.39, 0.29) is 70.2 Å². The van der Waals surface area contributed by atoms with E-state index < -0.39 is 11.4 Å². The van der Waals surface area contributed by atoms with E-state index in [1.807, 2.05) is 39.8 Å². The van der Waals surface area contributed by atoms with Gasteiger partial charge in [0, 0.05) is 36.1 Å². The standard InChI is InChI=1S/C52H78O8/c1-8-10-12-14-16-18-20-22-24-26-28-30-46(53)59-42-36-44-49(50(55)40(42)34-32-38(3)4)51(56)48-41(35-33-39(5)6)52(57-7)45(37-43(48)58-44)60-47(54)31-29-27-25-23-21-19-17-15-13-11-9-2/h32-33,36-37,55H,8-31,34-35H2,1-7H3. The molecular weight excluding hydrogens is 753 g/mol. The third kappa shape index (κ3) is 17.1. The first-order valence-corrected chi connectivity index (χ1v) is 23.6. The molecule has 0 radical (unpaired) electrons. The molecule has 334 valence electrons. The first-order valence-electron chi connectivity index (χ1n) is 23.6. The number of carbonyl (C=O) groups is 2. The SMILES string of the molecule is CCCCCCCCCCCCCC(=O)Oc1cc2oc3cc(OC(=O)CCCCCCCCCCCCC)c(OC)c(CC=C(C)C)c3c(=O)c2c(O)c1CC=C(C)C. The molecule has 60 heavy (non-hydrogen) atoms. The summed E-state index contributed by atoms with van der Waals surface area (Å²) in [5.41, 5.74) is 2.68. The summed E-state index contributed by atoms with van der Waals surface area (Å²) in [6.07, 6.45) is 30.9. The lowest BCUT2D eigenvalue weighted by atomic mass is 9.98. The van der Waals surface area contributed by atoms with Crippen molar-refractivity contribution in [1.82, 2.24) is 0 Å². The zero-order valence-electron chi connectivity index (χ0n) is 38.5. The van der Waals surface area contributed by atoms with Crippen molar-refractivity contribution < 1.29 is 33.3 Å². The molecule has 0 bridgehead atoms. The van der Waals surface area contributed by atoms with Gasteiger partial charge >= 0.3 is 11.9 Å². The zero-order valence-corrected chi connectivity index (χ0v) is 38.5. The van der Waals surface area contributed by atoms with Crippen molar-refractivity contribution in [3.8, 4) is 23.0 Å². The lowest BCUT2D eigenvalue weighted by Crippen LogP contribution is -2.13. The third-order valence-corrected chi connectivity index (χ3v) is 11.4. The van der Waals surface area contributed by atoms with Crippen LogP contribution >= 0.6 is 0 Å². The lowest BCUT2D eigenvalue weighted by molar-refractivity contribution is -0.135. The number of phenols is 1. The predicted molar refractivity (Wildman–Crippen MR) is 248 cm³/mol. The first kappa shape index (κ1) is 50.3. The summed E-state index contributed by atoms with van der Waals surface area (Å²) < 4.78 is 24.1. The Hall–Kier alpha value is -4.07. The molecule has 0 aliphatic carbocycles. The molecule has 0 spiro atoms. The molecule has 3 rings (SSSR count). The van der Waals surface area contributed by atoms with Crippen molar-refractivity contribution in [2.75, 3.05) is 7.11 Å². The molecule has 0 unspecified atom stereocenters. The van der Waals surface area contributed by atoms with Crippen LogP contribution in [0.15, 0.2) is 44.6 Å². The van der Waals surface area contributed by atoms with Crippen LogP contribution in [0.1, 0.15) is 207 Å². The highest BCUT2D eigenvalue weighted by Crippen LogP contribution is 2.42. The Morgan fingerprint density at radius 1 is 0.567 bits per heavy atom. The summed E-state index contributed by atoms with van der Waals surface area (Å²) in [5.74, 6) is -0.463. The second-order valence-corrected chi connectivity index (χ2v) is 17.3. The number of benzene rings is 2. The number of hydrogen-bond acceptors (Lipinski definition) is 8. The van der Waals surface area contributed by atoms with Gasteiger partial charge in [0.05, 0.1) is 12.5 Å². The van der Waals surface area contributed by atoms with Crippen LogP contribution in [0.3, 0.4) is 0 Å². The van der Waals surface area contributed by atoms with Crippen molar-refractivity contribution in [1.29, 1.82) is 0 Å². The molecule has 0 atom stereocenters. The number of esters is 2. The van der Waals surface area contributed by atoms with E-state index in [4.69, 9.17) is 18.6 Å². The summed E-state index contributed by atoms with van der Waals surface area (Å²) >= 11 is 0. The highest BCUT2D eigenvalue weighted by Gasteiger charge is 2.26. The maximum absolute atomic E-state index is 14.5. The molecule has 2 aromatic carbocycles. The van der Waals surface area contributed by atoms with Crippen molar-refractivity contribution in [3.63, 3.8) is 0 Å². The number of unbranched alkanes of at least 4 members (excludes halogenated alkanes) is 20. The predicted octanol–water partition coefficient (Wildman–Crippen LogP) is 14.9.